The van der Waals surface area contributed by atoms with Crippen LogP contribution in [-0.2, 0) is 12.3 Å². The van der Waals surface area contributed by atoms with E-state index in [9.17, 15) is 0 Å². The molecular weight excluding hydrogens is 468 g/mol. The van der Waals surface area contributed by atoms with Crippen LogP contribution >= 0.6 is 23.1 Å². The van der Waals surface area contributed by atoms with Crippen molar-refractivity contribution in [3.8, 4) is 27.8 Å². The molecule has 1 unspecified atom stereocenters. The van der Waals surface area contributed by atoms with Crippen molar-refractivity contribution in [3.05, 3.63) is 64.4 Å². The van der Waals surface area contributed by atoms with Crippen LogP contribution in [0.1, 0.15) is 42.6 Å². The van der Waals surface area contributed by atoms with Crippen LogP contribution in [0.4, 0.5) is 0 Å². The van der Waals surface area contributed by atoms with Crippen LogP contribution < -0.4 is 14.2 Å². The van der Waals surface area contributed by atoms with Gasteiger partial charge in [-0.3, -0.25) is 0 Å². The lowest BCUT2D eigenvalue weighted by atomic mass is 10.1. The van der Waals surface area contributed by atoms with Gasteiger partial charge in [0.05, 0.1) is 5.69 Å². The van der Waals surface area contributed by atoms with E-state index in [2.05, 4.69) is 47.0 Å². The minimum absolute atomic E-state index is 0.209. The van der Waals surface area contributed by atoms with Crippen molar-refractivity contribution >= 4 is 23.1 Å². The normalized spacial score (nSPS) is 13.3. The van der Waals surface area contributed by atoms with Gasteiger partial charge in [-0.05, 0) is 63.1 Å². The lowest BCUT2D eigenvalue weighted by molar-refractivity contribution is 0.174. The largest absolute Gasteiger partial charge is 0.482 e. The van der Waals surface area contributed by atoms with Crippen LogP contribution in [0.25, 0.3) is 10.6 Å². The number of benzene rings is 2. The minimum Gasteiger partial charge on any atom is -0.482 e. The van der Waals surface area contributed by atoms with Gasteiger partial charge in [0.1, 0.15) is 10.8 Å². The number of thiazole rings is 1. The van der Waals surface area contributed by atoms with E-state index in [-0.39, 0.29) is 12.9 Å². The first kappa shape index (κ1) is 22.7. The molecule has 9 heteroatoms. The molecule has 0 saturated heterocycles. The summed E-state index contributed by atoms with van der Waals surface area (Å²) in [5.74, 6) is 3.97. The Balaban J connectivity index is 1.27. The molecule has 0 saturated carbocycles. The third-order valence-electron chi connectivity index (χ3n) is 5.80. The topological polar surface area (TPSA) is 71.3 Å². The lowest BCUT2D eigenvalue weighted by Gasteiger charge is -2.17. The molecule has 1 aliphatic heterocycles. The Hall–Kier alpha value is -3.04. The molecule has 4 aromatic rings. The van der Waals surface area contributed by atoms with E-state index >= 15 is 0 Å². The molecule has 176 valence electrons. The Labute approximate surface area is 207 Å². The second-order valence-corrected chi connectivity index (χ2v) is 9.84. The summed E-state index contributed by atoms with van der Waals surface area (Å²) in [5.41, 5.74) is 4.39. The lowest BCUT2D eigenvalue weighted by Crippen LogP contribution is -2.12. The second kappa shape index (κ2) is 9.68. The van der Waals surface area contributed by atoms with E-state index in [0.29, 0.717) is 5.75 Å². The molecule has 0 N–H and O–H groups in total. The van der Waals surface area contributed by atoms with Gasteiger partial charge in [-0.25, -0.2) is 4.98 Å². The highest BCUT2D eigenvalue weighted by molar-refractivity contribution is 7.98. The summed E-state index contributed by atoms with van der Waals surface area (Å²) in [6.45, 7) is 9.33. The zero-order valence-corrected chi connectivity index (χ0v) is 21.2. The molecule has 7 nitrogen and oxygen atoms in total. The van der Waals surface area contributed by atoms with Crippen LogP contribution in [0.15, 0.2) is 46.9 Å². The third-order valence-corrected chi connectivity index (χ3v) is 7.74. The average molecular weight is 495 g/mol. The van der Waals surface area contributed by atoms with Crippen LogP contribution in [0, 0.1) is 13.8 Å². The summed E-state index contributed by atoms with van der Waals surface area (Å²) in [6.07, 6.45) is -0.209. The Morgan fingerprint density at radius 3 is 2.85 bits per heavy atom. The first-order valence-corrected chi connectivity index (χ1v) is 13.0. The molecule has 1 aliphatic rings. The van der Waals surface area contributed by atoms with E-state index in [1.165, 1.54) is 5.56 Å². The smallest absolute Gasteiger partial charge is 0.231 e. The first-order valence-electron chi connectivity index (χ1n) is 11.2. The van der Waals surface area contributed by atoms with Gasteiger partial charge in [-0.15, -0.1) is 21.5 Å². The Kier molecular flexibility index (Phi) is 6.47. The van der Waals surface area contributed by atoms with Gasteiger partial charge in [0, 0.05) is 23.2 Å². The molecule has 34 heavy (non-hydrogen) atoms. The van der Waals surface area contributed by atoms with Crippen molar-refractivity contribution in [2.75, 3.05) is 6.79 Å². The molecule has 0 fully saturated rings. The number of aryl methyl sites for hydroxylation is 1. The molecule has 1 atom stereocenters. The van der Waals surface area contributed by atoms with Crippen LogP contribution in [0.2, 0.25) is 0 Å². The zero-order chi connectivity index (χ0) is 23.7. The van der Waals surface area contributed by atoms with Crippen molar-refractivity contribution in [2.24, 2.45) is 0 Å². The maximum absolute atomic E-state index is 6.25. The SMILES string of the molecule is CCn1c(SCc2csc(-c3ccc4c(c3)OCO4)n2)nnc1C(C)Oc1cccc(C)c1C. The molecule has 0 bridgehead atoms. The Morgan fingerprint density at radius 1 is 1.15 bits per heavy atom. The number of hydrogen-bond donors (Lipinski definition) is 0. The van der Waals surface area contributed by atoms with Crippen LogP contribution in [-0.4, -0.2) is 26.5 Å². The molecule has 5 rings (SSSR count). The summed E-state index contributed by atoms with van der Waals surface area (Å²) < 4.78 is 19.3. The maximum atomic E-state index is 6.25. The van der Waals surface area contributed by atoms with Gasteiger partial charge >= 0.3 is 0 Å². The van der Waals surface area contributed by atoms with Crippen molar-refractivity contribution in [1.29, 1.82) is 0 Å². The molecular formula is C25H26N4O3S2. The third kappa shape index (κ3) is 4.50. The fourth-order valence-electron chi connectivity index (χ4n) is 3.77. The van der Waals surface area contributed by atoms with Gasteiger partial charge < -0.3 is 18.8 Å². The van der Waals surface area contributed by atoms with Gasteiger partial charge in [-0.2, -0.15) is 0 Å². The molecule has 2 aromatic heterocycles. The number of aromatic nitrogens is 4. The number of hydrogen-bond acceptors (Lipinski definition) is 8. The highest BCUT2D eigenvalue weighted by Gasteiger charge is 2.20. The molecule has 0 aliphatic carbocycles. The van der Waals surface area contributed by atoms with Gasteiger partial charge in [-0.1, -0.05) is 23.9 Å². The summed E-state index contributed by atoms with van der Waals surface area (Å²) in [7, 11) is 0. The van der Waals surface area contributed by atoms with Gasteiger partial charge in [0.2, 0.25) is 6.79 Å². The second-order valence-electron chi connectivity index (χ2n) is 8.04. The summed E-state index contributed by atoms with van der Waals surface area (Å²) in [6, 6.07) is 12.0. The number of ether oxygens (including phenoxy) is 3. The van der Waals surface area contributed by atoms with E-state index in [1.54, 1.807) is 23.1 Å². The number of fused-ring (bicyclic) bond motifs is 1. The first-order chi connectivity index (χ1) is 16.5. The Morgan fingerprint density at radius 2 is 2.00 bits per heavy atom. The zero-order valence-electron chi connectivity index (χ0n) is 19.6. The number of thioether (sulfide) groups is 1. The summed E-state index contributed by atoms with van der Waals surface area (Å²) in [4.78, 5) is 4.81. The maximum Gasteiger partial charge on any atom is 0.231 e. The monoisotopic (exact) mass is 494 g/mol. The van der Waals surface area contributed by atoms with Crippen molar-refractivity contribution in [1.82, 2.24) is 19.7 Å². The predicted molar refractivity (Wildman–Crippen MR) is 134 cm³/mol. The van der Waals surface area contributed by atoms with Crippen molar-refractivity contribution < 1.29 is 14.2 Å². The number of rotatable bonds is 8. The highest BCUT2D eigenvalue weighted by atomic mass is 32.2. The molecule has 0 radical (unpaired) electrons. The fraction of sp³-hybridized carbons (Fsp3) is 0.320. The van der Waals surface area contributed by atoms with E-state index < -0.39 is 0 Å². The quantitative estimate of drug-likeness (QED) is 0.270. The molecule has 0 amide bonds. The van der Waals surface area contributed by atoms with Crippen LogP contribution in [0.3, 0.4) is 0 Å². The van der Waals surface area contributed by atoms with E-state index in [0.717, 1.165) is 56.6 Å². The fourth-order valence-corrected chi connectivity index (χ4v) is 5.60. The Bertz CT molecular complexity index is 1320. The summed E-state index contributed by atoms with van der Waals surface area (Å²) >= 11 is 3.26. The van der Waals surface area contributed by atoms with Crippen molar-refractivity contribution in [3.63, 3.8) is 0 Å². The molecule has 0 spiro atoms. The standard InChI is InChI=1S/C25H26N4O3S2/c1-5-29-23(17(4)32-20-8-6-7-15(2)16(20)3)27-28-25(29)34-13-19-12-33-24(26-19)18-9-10-21-22(11-18)31-14-30-21/h6-12,17H,5,13-14H2,1-4H3. The highest BCUT2D eigenvalue weighted by Crippen LogP contribution is 2.37. The minimum atomic E-state index is -0.209. The van der Waals surface area contributed by atoms with Gasteiger partial charge in [0.25, 0.3) is 0 Å². The van der Waals surface area contributed by atoms with Gasteiger partial charge in [0.15, 0.2) is 28.6 Å². The van der Waals surface area contributed by atoms with E-state index in [4.69, 9.17) is 19.2 Å². The molecule has 3 heterocycles. The number of nitrogens with zero attached hydrogens (tertiary/aromatic N) is 4. The predicted octanol–water partition coefficient (Wildman–Crippen LogP) is 6.20. The average Bonchev–Trinajstić information content (AvgIpc) is 3.59. The molecule has 2 aromatic carbocycles. The van der Waals surface area contributed by atoms with Crippen molar-refractivity contribution in [2.45, 2.75) is 51.3 Å². The summed E-state index contributed by atoms with van der Waals surface area (Å²) in [5, 5.41) is 12.8. The van der Waals surface area contributed by atoms with E-state index in [1.807, 2.05) is 37.3 Å². The van der Waals surface area contributed by atoms with Crippen LogP contribution in [0.5, 0.6) is 17.2 Å².